The molecule has 4 N–H and O–H groups in total. The molecule has 296 valence electrons. The SMILES string of the molecule is COC(=O)N[C@H](C(=O)N1CCCC1c1ncc(-c2ccc(-c3ccc(-c4cnc(C5C6CCC(C6)[C@@H]5C(=O)NCc5cccnc5)[nH]4)cc3)c(F)c2)[nH]1)[C@@H](C)OC. The number of H-pyrrole nitrogens is 2. The number of carbonyl (C=O) groups excluding carboxylic acids is 3. The zero-order valence-corrected chi connectivity index (χ0v) is 32.2. The smallest absolute Gasteiger partial charge is 0.407 e. The van der Waals surface area contributed by atoms with Crippen LogP contribution in [-0.2, 0) is 25.6 Å². The van der Waals surface area contributed by atoms with Crippen molar-refractivity contribution in [2.75, 3.05) is 20.8 Å². The maximum Gasteiger partial charge on any atom is 0.407 e. The molecule has 0 spiro atoms. The van der Waals surface area contributed by atoms with Crippen LogP contribution in [0.5, 0.6) is 0 Å². The third-order valence-corrected chi connectivity index (χ3v) is 12.1. The molecule has 3 amide bonds. The number of amides is 3. The first-order chi connectivity index (χ1) is 27.7. The molecule has 0 radical (unpaired) electrons. The Morgan fingerprint density at radius 2 is 1.63 bits per heavy atom. The number of methoxy groups -OCH3 is 2. The van der Waals surface area contributed by atoms with E-state index >= 15 is 4.39 Å². The average Bonchev–Trinajstić information content (AvgIpc) is 4.10. The van der Waals surface area contributed by atoms with Gasteiger partial charge in [0, 0.05) is 49.6 Å². The minimum atomic E-state index is -0.937. The van der Waals surface area contributed by atoms with Crippen LogP contribution < -0.4 is 10.6 Å². The summed E-state index contributed by atoms with van der Waals surface area (Å²) < 4.78 is 25.9. The molecule has 1 aliphatic heterocycles. The molecule has 5 aromatic rings. The Bertz CT molecular complexity index is 2230. The van der Waals surface area contributed by atoms with Gasteiger partial charge in [-0.25, -0.2) is 19.2 Å². The number of imidazole rings is 2. The number of halogens is 1. The van der Waals surface area contributed by atoms with E-state index < -0.39 is 18.2 Å². The number of rotatable bonds is 12. The molecule has 4 unspecified atom stereocenters. The Morgan fingerprint density at radius 3 is 2.37 bits per heavy atom. The van der Waals surface area contributed by atoms with Crippen LogP contribution in [-0.4, -0.2) is 80.6 Å². The number of carbonyl (C=O) groups is 3. The number of likely N-dealkylation sites (tertiary alicyclic amines) is 1. The van der Waals surface area contributed by atoms with Crippen LogP contribution in [0, 0.1) is 23.6 Å². The number of aromatic amines is 2. The van der Waals surface area contributed by atoms with Crippen molar-refractivity contribution in [2.45, 2.75) is 69.7 Å². The second-order valence-electron chi connectivity index (χ2n) is 15.3. The molecule has 2 aromatic carbocycles. The first-order valence-electron chi connectivity index (χ1n) is 19.6. The first kappa shape index (κ1) is 38.0. The highest BCUT2D eigenvalue weighted by atomic mass is 19.1. The van der Waals surface area contributed by atoms with E-state index in [1.165, 1.54) is 20.3 Å². The van der Waals surface area contributed by atoms with Crippen LogP contribution in [0.1, 0.15) is 68.2 Å². The van der Waals surface area contributed by atoms with Gasteiger partial charge in [0.15, 0.2) is 0 Å². The van der Waals surface area contributed by atoms with E-state index in [1.54, 1.807) is 36.5 Å². The number of hydrogen-bond acceptors (Lipinski definition) is 8. The van der Waals surface area contributed by atoms with Gasteiger partial charge in [0.1, 0.15) is 23.5 Å². The Balaban J connectivity index is 0.937. The van der Waals surface area contributed by atoms with Crippen LogP contribution in [0.4, 0.5) is 9.18 Å². The molecule has 2 bridgehead atoms. The zero-order valence-electron chi connectivity index (χ0n) is 32.2. The maximum absolute atomic E-state index is 15.8. The van der Waals surface area contributed by atoms with Gasteiger partial charge in [-0.05, 0) is 79.7 Å². The van der Waals surface area contributed by atoms with Crippen LogP contribution in [0.15, 0.2) is 79.4 Å². The monoisotopic (exact) mass is 774 g/mol. The Morgan fingerprint density at radius 1 is 0.912 bits per heavy atom. The molecule has 3 aliphatic rings. The summed E-state index contributed by atoms with van der Waals surface area (Å²) in [7, 11) is 2.72. The molecule has 2 saturated carbocycles. The standard InChI is InChI=1S/C43H47FN8O5/c1-24(56-2)38(51-43(55)57-3)42(54)52-17-5-7-35(52)39-46-23-34(49-39)28-14-15-31(32(44)19-28)26-8-10-27(11-9-26)33-22-47-40(50-33)36-29-12-13-30(18-29)37(36)41(53)48-21-25-6-4-16-45-20-25/h4,6,8-11,14-16,19-20,22-24,29-30,35-38H,5,7,12-13,17-18,21H2,1-3H3,(H,46,49)(H,47,50)(H,48,53)(H,51,55)/t24-,29?,30?,35?,36?,37+,38+/m1/s1. The maximum atomic E-state index is 15.8. The molecule has 2 aliphatic carbocycles. The molecule has 1 saturated heterocycles. The quantitative estimate of drug-likeness (QED) is 0.111. The van der Waals surface area contributed by atoms with Crippen molar-refractivity contribution in [3.05, 3.63) is 102 Å². The van der Waals surface area contributed by atoms with Crippen LogP contribution in [0.25, 0.3) is 33.6 Å². The molecule has 3 fully saturated rings. The Kier molecular flexibility index (Phi) is 10.9. The molecule has 14 heteroatoms. The van der Waals surface area contributed by atoms with Crippen molar-refractivity contribution in [2.24, 2.45) is 17.8 Å². The van der Waals surface area contributed by atoms with Gasteiger partial charge >= 0.3 is 6.09 Å². The number of nitrogens with one attached hydrogen (secondary N) is 4. The van der Waals surface area contributed by atoms with Gasteiger partial charge in [0.25, 0.3) is 0 Å². The number of fused-ring (bicyclic) bond motifs is 2. The van der Waals surface area contributed by atoms with Gasteiger partial charge in [0.05, 0.1) is 49.0 Å². The van der Waals surface area contributed by atoms with E-state index in [0.717, 1.165) is 53.9 Å². The number of nitrogens with zero attached hydrogens (tertiary/aromatic N) is 4. The lowest BCUT2D eigenvalue weighted by molar-refractivity contribution is -0.137. The van der Waals surface area contributed by atoms with E-state index in [0.29, 0.717) is 54.0 Å². The van der Waals surface area contributed by atoms with Crippen LogP contribution >= 0.6 is 0 Å². The predicted octanol–water partition coefficient (Wildman–Crippen LogP) is 6.54. The van der Waals surface area contributed by atoms with Gasteiger partial charge in [-0.1, -0.05) is 42.5 Å². The summed E-state index contributed by atoms with van der Waals surface area (Å²) in [4.78, 5) is 61.2. The summed E-state index contributed by atoms with van der Waals surface area (Å²) in [6.45, 7) is 2.66. The highest BCUT2D eigenvalue weighted by Gasteiger charge is 2.52. The van der Waals surface area contributed by atoms with Gasteiger partial charge in [-0.15, -0.1) is 0 Å². The van der Waals surface area contributed by atoms with Crippen molar-refractivity contribution in [3.63, 3.8) is 0 Å². The fraction of sp³-hybridized carbons (Fsp3) is 0.395. The van der Waals surface area contributed by atoms with Crippen LogP contribution in [0.2, 0.25) is 0 Å². The van der Waals surface area contributed by atoms with Gasteiger partial charge < -0.3 is 35.0 Å². The van der Waals surface area contributed by atoms with Gasteiger partial charge in [0.2, 0.25) is 11.8 Å². The summed E-state index contributed by atoms with van der Waals surface area (Å²) in [6, 6.07) is 15.3. The van der Waals surface area contributed by atoms with Crippen molar-refractivity contribution in [1.82, 2.24) is 40.5 Å². The molecular formula is C43H47FN8O5. The molecule has 13 nitrogen and oxygen atoms in total. The normalized spacial score (nSPS) is 22.3. The number of aromatic nitrogens is 5. The average molecular weight is 775 g/mol. The number of ether oxygens (including phenoxy) is 2. The predicted molar refractivity (Wildman–Crippen MR) is 210 cm³/mol. The Labute approximate surface area is 330 Å². The third-order valence-electron chi connectivity index (χ3n) is 12.1. The van der Waals surface area contributed by atoms with Crippen LogP contribution in [0.3, 0.4) is 0 Å². The molecule has 8 rings (SSSR count). The Hall–Kier alpha value is -5.89. The minimum Gasteiger partial charge on any atom is -0.453 e. The number of pyridine rings is 1. The zero-order chi connectivity index (χ0) is 39.6. The molecule has 4 heterocycles. The van der Waals surface area contributed by atoms with Gasteiger partial charge in [-0.2, -0.15) is 0 Å². The van der Waals surface area contributed by atoms with E-state index in [2.05, 4.69) is 30.6 Å². The summed E-state index contributed by atoms with van der Waals surface area (Å²) >= 11 is 0. The van der Waals surface area contributed by atoms with Gasteiger partial charge in [-0.3, -0.25) is 14.6 Å². The fourth-order valence-corrected chi connectivity index (χ4v) is 9.12. The molecule has 57 heavy (non-hydrogen) atoms. The minimum absolute atomic E-state index is 0.0382. The second kappa shape index (κ2) is 16.3. The lowest BCUT2D eigenvalue weighted by Gasteiger charge is -2.30. The summed E-state index contributed by atoms with van der Waals surface area (Å²) in [5, 5.41) is 5.74. The lowest BCUT2D eigenvalue weighted by atomic mass is 9.78. The van der Waals surface area contributed by atoms with E-state index in [9.17, 15) is 14.4 Å². The summed E-state index contributed by atoms with van der Waals surface area (Å²) in [6.07, 6.45) is 10.3. The first-order valence-corrected chi connectivity index (χ1v) is 19.6. The number of benzene rings is 2. The number of hydrogen-bond donors (Lipinski definition) is 4. The lowest BCUT2D eigenvalue weighted by Crippen LogP contribution is -2.54. The fourth-order valence-electron chi connectivity index (χ4n) is 9.12. The van der Waals surface area contributed by atoms with Crippen molar-refractivity contribution >= 4 is 17.9 Å². The van der Waals surface area contributed by atoms with E-state index in [-0.39, 0.29) is 35.5 Å². The highest BCUT2D eigenvalue weighted by molar-refractivity contribution is 5.87. The van der Waals surface area contributed by atoms with E-state index in [4.69, 9.17) is 14.5 Å². The van der Waals surface area contributed by atoms with Crippen molar-refractivity contribution in [1.29, 1.82) is 0 Å². The van der Waals surface area contributed by atoms with Crippen molar-refractivity contribution < 1.29 is 28.2 Å². The second-order valence-corrected chi connectivity index (χ2v) is 15.3. The van der Waals surface area contributed by atoms with Crippen molar-refractivity contribution in [3.8, 4) is 33.6 Å². The van der Waals surface area contributed by atoms with E-state index in [1.807, 2.05) is 48.7 Å². The summed E-state index contributed by atoms with van der Waals surface area (Å²) in [5.41, 5.74) is 5.18. The third kappa shape index (κ3) is 7.65. The largest absolute Gasteiger partial charge is 0.453 e. The summed E-state index contributed by atoms with van der Waals surface area (Å²) in [5.74, 6) is 1.52. The number of alkyl carbamates (subject to hydrolysis) is 1. The topological polar surface area (TPSA) is 167 Å². The molecular weight excluding hydrogens is 728 g/mol. The highest BCUT2D eigenvalue weighted by Crippen LogP contribution is 2.56. The molecule has 7 atom stereocenters. The molecule has 3 aromatic heterocycles.